The Morgan fingerprint density at radius 2 is 1.91 bits per heavy atom. The van der Waals surface area contributed by atoms with E-state index >= 15 is 0 Å². The standard InChI is InChI=1S/C16H22N2O5/c1-9(2)14(15(20)18-16(17)21)23-13(19)8-11-7-10(3)5-6-12(11)22-4/h5-7,9,14H,8H2,1-4H3,(H3,17,18,20,21)/t14-/m0/s1. The van der Waals surface area contributed by atoms with E-state index in [1.165, 1.54) is 7.11 Å². The lowest BCUT2D eigenvalue weighted by Crippen LogP contribution is -2.45. The lowest BCUT2D eigenvalue weighted by atomic mass is 10.1. The molecule has 23 heavy (non-hydrogen) atoms. The van der Waals surface area contributed by atoms with Crippen molar-refractivity contribution in [2.45, 2.75) is 33.3 Å². The van der Waals surface area contributed by atoms with E-state index in [0.29, 0.717) is 11.3 Å². The zero-order valence-corrected chi connectivity index (χ0v) is 13.7. The first kappa shape index (κ1) is 18.5. The largest absolute Gasteiger partial charge is 0.496 e. The lowest BCUT2D eigenvalue weighted by molar-refractivity contribution is -0.157. The third-order valence-corrected chi connectivity index (χ3v) is 3.14. The van der Waals surface area contributed by atoms with Crippen LogP contribution in [0.2, 0.25) is 0 Å². The number of carbonyl (C=O) groups excluding carboxylic acids is 3. The number of carbonyl (C=O) groups is 3. The topological polar surface area (TPSA) is 108 Å². The number of urea groups is 1. The first-order chi connectivity index (χ1) is 10.7. The molecule has 0 fully saturated rings. The molecule has 0 heterocycles. The summed E-state index contributed by atoms with van der Waals surface area (Å²) in [5.74, 6) is -1.07. The number of esters is 1. The van der Waals surface area contributed by atoms with Gasteiger partial charge in [0, 0.05) is 5.56 Å². The molecule has 0 aliphatic rings. The molecule has 0 aromatic heterocycles. The van der Waals surface area contributed by atoms with Crippen LogP contribution < -0.4 is 15.8 Å². The third kappa shape index (κ3) is 5.61. The van der Waals surface area contributed by atoms with Gasteiger partial charge in [-0.1, -0.05) is 31.5 Å². The summed E-state index contributed by atoms with van der Waals surface area (Å²) in [6.45, 7) is 5.29. The second-order valence-electron chi connectivity index (χ2n) is 5.50. The van der Waals surface area contributed by atoms with Crippen molar-refractivity contribution in [2.75, 3.05) is 7.11 Å². The molecule has 7 heteroatoms. The molecule has 0 unspecified atom stereocenters. The van der Waals surface area contributed by atoms with Crippen molar-refractivity contribution in [3.05, 3.63) is 29.3 Å². The monoisotopic (exact) mass is 322 g/mol. The van der Waals surface area contributed by atoms with Gasteiger partial charge < -0.3 is 15.2 Å². The number of benzene rings is 1. The number of hydrogen-bond donors (Lipinski definition) is 2. The van der Waals surface area contributed by atoms with Crippen molar-refractivity contribution in [2.24, 2.45) is 11.7 Å². The van der Waals surface area contributed by atoms with Gasteiger partial charge in [0.15, 0.2) is 6.10 Å². The van der Waals surface area contributed by atoms with Gasteiger partial charge in [0.05, 0.1) is 13.5 Å². The Kier molecular flexibility index (Phi) is 6.56. The predicted molar refractivity (Wildman–Crippen MR) is 83.9 cm³/mol. The number of primary amides is 1. The first-order valence-corrected chi connectivity index (χ1v) is 7.18. The number of nitrogens with one attached hydrogen (secondary N) is 1. The molecule has 126 valence electrons. The number of hydrogen-bond acceptors (Lipinski definition) is 5. The maximum absolute atomic E-state index is 12.1. The second-order valence-corrected chi connectivity index (χ2v) is 5.50. The van der Waals surface area contributed by atoms with Crippen molar-refractivity contribution in [3.8, 4) is 5.75 Å². The highest BCUT2D eigenvalue weighted by atomic mass is 16.5. The SMILES string of the molecule is COc1ccc(C)cc1CC(=O)O[C@H](C(=O)NC(N)=O)C(C)C. The summed E-state index contributed by atoms with van der Waals surface area (Å²) in [6.07, 6.45) is -1.14. The fraction of sp³-hybridized carbons (Fsp3) is 0.438. The van der Waals surface area contributed by atoms with E-state index in [1.807, 2.05) is 24.4 Å². The highest BCUT2D eigenvalue weighted by Gasteiger charge is 2.27. The summed E-state index contributed by atoms with van der Waals surface area (Å²) in [7, 11) is 1.51. The van der Waals surface area contributed by atoms with Gasteiger partial charge in [0.1, 0.15) is 5.75 Å². The minimum Gasteiger partial charge on any atom is -0.496 e. The summed E-state index contributed by atoms with van der Waals surface area (Å²) in [4.78, 5) is 34.7. The van der Waals surface area contributed by atoms with Crippen LogP contribution in [-0.4, -0.2) is 31.1 Å². The zero-order chi connectivity index (χ0) is 17.6. The summed E-state index contributed by atoms with van der Waals surface area (Å²) in [5, 5.41) is 1.92. The molecule has 1 aromatic rings. The summed E-state index contributed by atoms with van der Waals surface area (Å²) >= 11 is 0. The van der Waals surface area contributed by atoms with E-state index in [9.17, 15) is 14.4 Å². The number of amides is 3. The second kappa shape index (κ2) is 8.17. The predicted octanol–water partition coefficient (Wildman–Crippen LogP) is 1.31. The molecule has 7 nitrogen and oxygen atoms in total. The number of aryl methyl sites for hydroxylation is 1. The average molecular weight is 322 g/mol. The van der Waals surface area contributed by atoms with Gasteiger partial charge in [0.25, 0.3) is 5.91 Å². The average Bonchev–Trinajstić information content (AvgIpc) is 2.43. The molecule has 1 aromatic carbocycles. The Hall–Kier alpha value is -2.57. The molecule has 0 radical (unpaired) electrons. The third-order valence-electron chi connectivity index (χ3n) is 3.14. The smallest absolute Gasteiger partial charge is 0.318 e. The number of nitrogens with two attached hydrogens (primary N) is 1. The minimum absolute atomic E-state index is 0.0437. The molecule has 1 atom stereocenters. The van der Waals surface area contributed by atoms with Crippen LogP contribution >= 0.6 is 0 Å². The number of rotatable bonds is 6. The van der Waals surface area contributed by atoms with Crippen LogP contribution in [0.1, 0.15) is 25.0 Å². The number of methoxy groups -OCH3 is 1. The molecule has 0 saturated carbocycles. The van der Waals surface area contributed by atoms with E-state index in [2.05, 4.69) is 0 Å². The summed E-state index contributed by atoms with van der Waals surface area (Å²) in [6, 6.07) is 4.45. The molecule has 0 bridgehead atoms. The van der Waals surface area contributed by atoms with Crippen LogP contribution in [0, 0.1) is 12.8 Å². The van der Waals surface area contributed by atoms with Crippen LogP contribution in [0.5, 0.6) is 5.75 Å². The molecule has 3 amide bonds. The first-order valence-electron chi connectivity index (χ1n) is 7.18. The van der Waals surface area contributed by atoms with Crippen LogP contribution in [-0.2, 0) is 20.7 Å². The van der Waals surface area contributed by atoms with Gasteiger partial charge in [-0.05, 0) is 18.9 Å². The van der Waals surface area contributed by atoms with E-state index < -0.39 is 24.0 Å². The Labute approximate surface area is 135 Å². The molecule has 0 aliphatic carbocycles. The Morgan fingerprint density at radius 1 is 1.26 bits per heavy atom. The maximum atomic E-state index is 12.1. The fourth-order valence-corrected chi connectivity index (χ4v) is 2.07. The van der Waals surface area contributed by atoms with Crippen molar-refractivity contribution < 1.29 is 23.9 Å². The quantitative estimate of drug-likeness (QED) is 0.768. The zero-order valence-electron chi connectivity index (χ0n) is 13.7. The van der Waals surface area contributed by atoms with E-state index in [1.54, 1.807) is 19.9 Å². The molecular formula is C16H22N2O5. The van der Waals surface area contributed by atoms with Crippen molar-refractivity contribution in [1.29, 1.82) is 0 Å². The molecule has 3 N–H and O–H groups in total. The highest BCUT2D eigenvalue weighted by molar-refractivity contribution is 5.96. The highest BCUT2D eigenvalue weighted by Crippen LogP contribution is 2.21. The lowest BCUT2D eigenvalue weighted by Gasteiger charge is -2.20. The van der Waals surface area contributed by atoms with Crippen LogP contribution in [0.3, 0.4) is 0 Å². The van der Waals surface area contributed by atoms with Gasteiger partial charge in [-0.25, -0.2) is 4.79 Å². The van der Waals surface area contributed by atoms with Gasteiger partial charge in [-0.3, -0.25) is 14.9 Å². The minimum atomic E-state index is -1.09. The van der Waals surface area contributed by atoms with Gasteiger partial charge in [-0.15, -0.1) is 0 Å². The molecule has 0 aliphatic heterocycles. The van der Waals surface area contributed by atoms with Crippen LogP contribution in [0.4, 0.5) is 4.79 Å². The van der Waals surface area contributed by atoms with E-state index in [-0.39, 0.29) is 12.3 Å². The van der Waals surface area contributed by atoms with Crippen molar-refractivity contribution in [1.82, 2.24) is 5.32 Å². The molecule has 0 saturated heterocycles. The Morgan fingerprint density at radius 3 is 2.43 bits per heavy atom. The van der Waals surface area contributed by atoms with Crippen molar-refractivity contribution >= 4 is 17.9 Å². The fourth-order valence-electron chi connectivity index (χ4n) is 2.07. The molecule has 1 rings (SSSR count). The summed E-state index contributed by atoms with van der Waals surface area (Å²) in [5.41, 5.74) is 6.55. The van der Waals surface area contributed by atoms with Gasteiger partial charge >= 0.3 is 12.0 Å². The van der Waals surface area contributed by atoms with Gasteiger partial charge in [-0.2, -0.15) is 0 Å². The Balaban J connectivity index is 2.82. The molecular weight excluding hydrogens is 300 g/mol. The van der Waals surface area contributed by atoms with E-state index in [0.717, 1.165) is 5.56 Å². The Bertz CT molecular complexity index is 598. The molecule has 0 spiro atoms. The van der Waals surface area contributed by atoms with Gasteiger partial charge in [0.2, 0.25) is 0 Å². The summed E-state index contributed by atoms with van der Waals surface area (Å²) < 4.78 is 10.4. The maximum Gasteiger partial charge on any atom is 0.318 e. The van der Waals surface area contributed by atoms with Crippen molar-refractivity contribution in [3.63, 3.8) is 0 Å². The van der Waals surface area contributed by atoms with Crippen LogP contribution in [0.15, 0.2) is 18.2 Å². The number of imide groups is 1. The van der Waals surface area contributed by atoms with E-state index in [4.69, 9.17) is 15.2 Å². The van der Waals surface area contributed by atoms with Crippen LogP contribution in [0.25, 0.3) is 0 Å². The number of ether oxygens (including phenoxy) is 2. The normalized spacial score (nSPS) is 11.7.